The molecule has 5 aromatic rings. The number of allylic oxidation sites excluding steroid dienone is 1. The molecule has 0 saturated carbocycles. The Labute approximate surface area is 396 Å². The minimum absolute atomic E-state index is 0.0222. The standard InChI is InChI=1S/C49H58ClN9O7S/c1-32-29-56(18-17-55(32)4)16-13-37-31-65-45-26-40(25-43(59(61)62)46(45)53-37)67(63,64)54-48(60)41-10-9-38(24-44(41)66-39-23-34-12-15-51-47(34)52-28-39)58-21-19-57(20-22-58)30-35-11-14-49(2,3)27-42(35)33-5-7-36(50)8-6-33/h5-10,12,15,23-26,28,32,37,53H,11,13-14,16-22,27,29-31H2,1-4H3,(H,51,52)(H,54,60)/t32-,37+/m1/s1. The van der Waals surface area contributed by atoms with Crippen LogP contribution in [0, 0.1) is 15.5 Å². The predicted molar refractivity (Wildman–Crippen MR) is 261 cm³/mol. The van der Waals surface area contributed by atoms with Gasteiger partial charge >= 0.3 is 0 Å². The number of carbonyl (C=O) groups excluding carboxylic acids is 1. The Morgan fingerprint density at radius 3 is 2.57 bits per heavy atom. The number of hydrogen-bond donors (Lipinski definition) is 3. The first-order valence-corrected chi connectivity index (χ1v) is 24.8. The van der Waals surface area contributed by atoms with Gasteiger partial charge in [-0.1, -0.05) is 43.2 Å². The van der Waals surface area contributed by atoms with Crippen LogP contribution in [0.3, 0.4) is 0 Å². The Morgan fingerprint density at radius 1 is 1.03 bits per heavy atom. The van der Waals surface area contributed by atoms with E-state index in [2.05, 4.69) is 79.6 Å². The Bertz CT molecular complexity index is 2810. The van der Waals surface area contributed by atoms with Crippen LogP contribution in [0.2, 0.25) is 5.02 Å². The number of halogens is 1. The molecule has 354 valence electrons. The highest BCUT2D eigenvalue weighted by Gasteiger charge is 2.34. The zero-order chi connectivity index (χ0) is 47.0. The Kier molecular flexibility index (Phi) is 13.2. The molecule has 3 aromatic carbocycles. The fraction of sp³-hybridized carbons (Fsp3) is 0.429. The van der Waals surface area contributed by atoms with Crippen LogP contribution in [0.1, 0.15) is 62.4 Å². The van der Waals surface area contributed by atoms with E-state index < -0.39 is 31.4 Å². The first-order valence-electron chi connectivity index (χ1n) is 23.0. The lowest BCUT2D eigenvalue weighted by Crippen LogP contribution is -2.50. The van der Waals surface area contributed by atoms with Gasteiger partial charge in [0.15, 0.2) is 11.4 Å². The Balaban J connectivity index is 0.919. The highest BCUT2D eigenvalue weighted by Crippen LogP contribution is 2.44. The highest BCUT2D eigenvalue weighted by atomic mass is 35.5. The Morgan fingerprint density at radius 2 is 1.81 bits per heavy atom. The number of aromatic amines is 1. The van der Waals surface area contributed by atoms with Crippen molar-refractivity contribution in [2.45, 2.75) is 63.4 Å². The van der Waals surface area contributed by atoms with Crippen molar-refractivity contribution in [3.05, 3.63) is 111 Å². The predicted octanol–water partition coefficient (Wildman–Crippen LogP) is 8.02. The fourth-order valence-electron chi connectivity index (χ4n) is 9.61. The van der Waals surface area contributed by atoms with E-state index in [0.717, 1.165) is 100 Å². The van der Waals surface area contributed by atoms with Crippen LogP contribution in [0.4, 0.5) is 17.1 Å². The van der Waals surface area contributed by atoms with Crippen molar-refractivity contribution >= 4 is 61.2 Å². The summed E-state index contributed by atoms with van der Waals surface area (Å²) in [6.45, 7) is 14.6. The Hall–Kier alpha value is -5.72. The molecule has 1 amide bonds. The molecule has 3 N–H and O–H groups in total. The average molecular weight is 953 g/mol. The lowest BCUT2D eigenvalue weighted by molar-refractivity contribution is -0.384. The molecule has 4 aliphatic rings. The smallest absolute Gasteiger partial charge is 0.297 e. The molecule has 2 fully saturated rings. The number of nitro benzene ring substituents is 1. The maximum absolute atomic E-state index is 14.1. The number of hydrogen-bond acceptors (Lipinski definition) is 13. The van der Waals surface area contributed by atoms with Gasteiger partial charge in [0.05, 0.1) is 27.6 Å². The molecule has 0 bridgehead atoms. The molecule has 67 heavy (non-hydrogen) atoms. The van der Waals surface area contributed by atoms with Gasteiger partial charge in [0.25, 0.3) is 21.6 Å². The normalized spacial score (nSPS) is 20.5. The average Bonchev–Trinajstić information content (AvgIpc) is 3.78. The van der Waals surface area contributed by atoms with Crippen molar-refractivity contribution in [2.75, 3.05) is 82.8 Å². The van der Waals surface area contributed by atoms with Crippen molar-refractivity contribution in [3.63, 3.8) is 0 Å². The molecule has 2 atom stereocenters. The summed E-state index contributed by atoms with van der Waals surface area (Å²) < 4.78 is 42.4. The summed E-state index contributed by atoms with van der Waals surface area (Å²) in [5.74, 6) is -0.486. The minimum atomic E-state index is -4.66. The fourth-order valence-corrected chi connectivity index (χ4v) is 10.7. The van der Waals surface area contributed by atoms with Crippen LogP contribution in [-0.2, 0) is 10.0 Å². The number of nitrogens with zero attached hydrogens (tertiary/aromatic N) is 6. The third kappa shape index (κ3) is 10.6. The van der Waals surface area contributed by atoms with Crippen LogP contribution in [0.15, 0.2) is 89.6 Å². The van der Waals surface area contributed by atoms with E-state index >= 15 is 0 Å². The molecule has 2 saturated heterocycles. The number of pyridine rings is 1. The highest BCUT2D eigenvalue weighted by molar-refractivity contribution is 7.90. The number of ether oxygens (including phenoxy) is 2. The molecule has 1 aliphatic carbocycles. The third-order valence-electron chi connectivity index (χ3n) is 13.8. The summed E-state index contributed by atoms with van der Waals surface area (Å²) in [5, 5.41) is 17.2. The maximum Gasteiger partial charge on any atom is 0.297 e. The van der Waals surface area contributed by atoms with E-state index in [-0.39, 0.29) is 40.8 Å². The quantitative estimate of drug-likeness (QED) is 0.0764. The number of aromatic nitrogens is 2. The largest absolute Gasteiger partial charge is 0.489 e. The van der Waals surface area contributed by atoms with Crippen LogP contribution < -0.4 is 24.4 Å². The second-order valence-electron chi connectivity index (χ2n) is 19.1. The SMILES string of the molecule is C[C@@H]1CN(CC[C@H]2COc3cc(S(=O)(=O)NC(=O)c4ccc(N5CCN(CC6=C(c7ccc(Cl)cc7)CC(C)(C)CC6)CC5)cc4Oc4cnc5[nH]ccc5c4)cc([N+](=O)[O-])c3N2)CCN1C. The van der Waals surface area contributed by atoms with E-state index in [0.29, 0.717) is 23.9 Å². The van der Waals surface area contributed by atoms with Crippen molar-refractivity contribution in [1.82, 2.24) is 29.4 Å². The van der Waals surface area contributed by atoms with E-state index in [9.17, 15) is 23.3 Å². The summed E-state index contributed by atoms with van der Waals surface area (Å²) >= 11 is 6.26. The lowest BCUT2D eigenvalue weighted by Gasteiger charge is -2.39. The molecule has 16 nitrogen and oxygen atoms in total. The van der Waals surface area contributed by atoms with Crippen LogP contribution in [-0.4, -0.2) is 129 Å². The van der Waals surface area contributed by atoms with Crippen molar-refractivity contribution < 1.29 is 27.6 Å². The second-order valence-corrected chi connectivity index (χ2v) is 21.3. The zero-order valence-electron chi connectivity index (χ0n) is 38.4. The number of nitrogens with one attached hydrogen (secondary N) is 3. The number of carbonyl (C=O) groups is 1. The molecule has 0 spiro atoms. The molecular weight excluding hydrogens is 894 g/mol. The van der Waals surface area contributed by atoms with E-state index in [4.69, 9.17) is 21.1 Å². The van der Waals surface area contributed by atoms with Crippen molar-refractivity contribution in [1.29, 1.82) is 0 Å². The lowest BCUT2D eigenvalue weighted by atomic mass is 9.72. The zero-order valence-corrected chi connectivity index (χ0v) is 40.0. The van der Waals surface area contributed by atoms with Crippen molar-refractivity contribution in [3.8, 4) is 17.2 Å². The number of likely N-dealkylation sites (N-methyl/N-ethyl adjacent to an activating group) is 1. The molecule has 0 radical (unpaired) electrons. The molecule has 5 heterocycles. The third-order valence-corrected chi connectivity index (χ3v) is 15.3. The number of rotatable bonds is 13. The number of anilines is 2. The molecule has 2 aromatic heterocycles. The number of nitro groups is 1. The van der Waals surface area contributed by atoms with Gasteiger partial charge in [-0.2, -0.15) is 0 Å². The number of benzene rings is 3. The summed E-state index contributed by atoms with van der Waals surface area (Å²) in [6.07, 6.45) is 7.15. The molecule has 3 aliphatic heterocycles. The summed E-state index contributed by atoms with van der Waals surface area (Å²) in [4.78, 5) is 42.3. The monoisotopic (exact) mass is 951 g/mol. The van der Waals surface area contributed by atoms with Crippen LogP contribution >= 0.6 is 11.6 Å². The number of sulfonamides is 1. The van der Waals surface area contributed by atoms with Gasteiger partial charge in [0, 0.05) is 105 Å². The first kappa shape index (κ1) is 46.4. The molecule has 18 heteroatoms. The van der Waals surface area contributed by atoms with Gasteiger partial charge in [-0.3, -0.25) is 19.8 Å². The van der Waals surface area contributed by atoms with Gasteiger partial charge in [-0.05, 0) is 92.6 Å². The van der Waals surface area contributed by atoms with E-state index in [1.54, 1.807) is 30.5 Å². The first-order chi connectivity index (χ1) is 32.1. The van der Waals surface area contributed by atoms with Gasteiger partial charge in [0.2, 0.25) is 0 Å². The summed E-state index contributed by atoms with van der Waals surface area (Å²) in [6, 6.07) is 19.2. The van der Waals surface area contributed by atoms with E-state index in [1.165, 1.54) is 29.0 Å². The molecule has 9 rings (SSSR count). The van der Waals surface area contributed by atoms with Gasteiger partial charge in [-0.25, -0.2) is 18.1 Å². The minimum Gasteiger partial charge on any atom is -0.489 e. The van der Waals surface area contributed by atoms with E-state index in [1.807, 2.05) is 18.2 Å². The maximum atomic E-state index is 14.1. The number of fused-ring (bicyclic) bond motifs is 2. The van der Waals surface area contributed by atoms with Gasteiger partial charge in [0.1, 0.15) is 23.8 Å². The molecule has 0 unspecified atom stereocenters. The summed E-state index contributed by atoms with van der Waals surface area (Å²) in [5.41, 5.74) is 5.37. The second kappa shape index (κ2) is 19.1. The molecular formula is C49H58ClN9O7S. The number of amides is 1. The number of H-pyrrole nitrogens is 1. The van der Waals surface area contributed by atoms with Crippen LogP contribution in [0.5, 0.6) is 17.2 Å². The van der Waals surface area contributed by atoms with Crippen molar-refractivity contribution in [2.24, 2.45) is 5.41 Å². The van der Waals surface area contributed by atoms with Gasteiger partial charge in [-0.15, -0.1) is 0 Å². The topological polar surface area (TPSA) is 179 Å². The number of piperazine rings is 2. The van der Waals surface area contributed by atoms with Crippen LogP contribution in [0.25, 0.3) is 16.6 Å². The summed E-state index contributed by atoms with van der Waals surface area (Å²) in [7, 11) is -2.54. The van der Waals surface area contributed by atoms with Gasteiger partial charge < -0.3 is 34.5 Å².